The van der Waals surface area contributed by atoms with Crippen LogP contribution < -0.4 is 5.73 Å². The maximum Gasteiger partial charge on any atom is 0.0657 e. The van der Waals surface area contributed by atoms with Crippen LogP contribution in [-0.2, 0) is 19.3 Å². The van der Waals surface area contributed by atoms with Gasteiger partial charge in [-0.1, -0.05) is 27.7 Å². The molecule has 2 N–H and O–H groups in total. The zero-order chi connectivity index (χ0) is 15.6. The van der Waals surface area contributed by atoms with Crippen molar-refractivity contribution in [3.8, 4) is 0 Å². The van der Waals surface area contributed by atoms with E-state index in [4.69, 9.17) is 10.8 Å². The molecule has 3 heteroatoms. The Morgan fingerprint density at radius 3 is 2.43 bits per heavy atom. The van der Waals surface area contributed by atoms with Crippen molar-refractivity contribution in [2.45, 2.75) is 85.2 Å². The van der Waals surface area contributed by atoms with E-state index in [-0.39, 0.29) is 6.04 Å². The van der Waals surface area contributed by atoms with Crippen molar-refractivity contribution in [3.05, 3.63) is 17.0 Å². The van der Waals surface area contributed by atoms with Crippen LogP contribution in [0.15, 0.2) is 0 Å². The summed E-state index contributed by atoms with van der Waals surface area (Å²) >= 11 is 0. The predicted molar refractivity (Wildman–Crippen MR) is 89.6 cm³/mol. The third-order valence-electron chi connectivity index (χ3n) is 5.31. The lowest BCUT2D eigenvalue weighted by molar-refractivity contribution is 0.198. The molecule has 3 nitrogen and oxygen atoms in total. The average molecular weight is 291 g/mol. The zero-order valence-electron chi connectivity index (χ0n) is 14.5. The van der Waals surface area contributed by atoms with Gasteiger partial charge in [0.25, 0.3) is 0 Å². The van der Waals surface area contributed by atoms with E-state index in [2.05, 4.69) is 39.3 Å². The Morgan fingerprint density at radius 1 is 1.19 bits per heavy atom. The van der Waals surface area contributed by atoms with Gasteiger partial charge in [-0.15, -0.1) is 0 Å². The van der Waals surface area contributed by atoms with Gasteiger partial charge in [0.2, 0.25) is 0 Å². The first-order valence-electron chi connectivity index (χ1n) is 8.82. The highest BCUT2D eigenvalue weighted by atomic mass is 15.3. The number of nitrogens with two attached hydrogens (primary N) is 1. The Morgan fingerprint density at radius 2 is 1.90 bits per heavy atom. The second kappa shape index (κ2) is 6.95. The van der Waals surface area contributed by atoms with Crippen LogP contribution in [0.5, 0.6) is 0 Å². The monoisotopic (exact) mass is 291 g/mol. The van der Waals surface area contributed by atoms with Gasteiger partial charge in [0.15, 0.2) is 0 Å². The van der Waals surface area contributed by atoms with Gasteiger partial charge in [-0.2, -0.15) is 5.10 Å². The van der Waals surface area contributed by atoms with E-state index in [9.17, 15) is 0 Å². The van der Waals surface area contributed by atoms with Gasteiger partial charge < -0.3 is 5.73 Å². The van der Waals surface area contributed by atoms with Crippen LogP contribution in [0.2, 0.25) is 0 Å². The van der Waals surface area contributed by atoms with Crippen molar-refractivity contribution < 1.29 is 0 Å². The molecule has 0 amide bonds. The molecule has 1 heterocycles. The molecule has 21 heavy (non-hydrogen) atoms. The molecular weight excluding hydrogens is 258 g/mol. The Labute approximate surface area is 130 Å². The smallest absolute Gasteiger partial charge is 0.0657 e. The summed E-state index contributed by atoms with van der Waals surface area (Å²) in [6.45, 7) is 11.4. The van der Waals surface area contributed by atoms with E-state index < -0.39 is 0 Å². The molecule has 1 saturated carbocycles. The lowest BCUT2D eigenvalue weighted by Gasteiger charge is -2.33. The van der Waals surface area contributed by atoms with E-state index in [1.165, 1.54) is 36.2 Å². The zero-order valence-corrected chi connectivity index (χ0v) is 14.5. The molecule has 0 saturated heterocycles. The molecule has 0 spiro atoms. The van der Waals surface area contributed by atoms with E-state index in [0.717, 1.165) is 31.1 Å². The molecule has 0 bridgehead atoms. The van der Waals surface area contributed by atoms with Crippen LogP contribution in [0.4, 0.5) is 0 Å². The molecule has 0 radical (unpaired) electrons. The van der Waals surface area contributed by atoms with Crippen LogP contribution in [0.3, 0.4) is 0 Å². The van der Waals surface area contributed by atoms with E-state index in [0.29, 0.717) is 6.04 Å². The first-order valence-corrected chi connectivity index (χ1v) is 8.82. The molecule has 2 rings (SSSR count). The summed E-state index contributed by atoms with van der Waals surface area (Å²) in [5.74, 6) is 1.66. The lowest BCUT2D eigenvalue weighted by Crippen LogP contribution is -2.25. The summed E-state index contributed by atoms with van der Waals surface area (Å²) in [6, 6.07) is 0.807. The predicted octanol–water partition coefficient (Wildman–Crippen LogP) is 3.89. The van der Waals surface area contributed by atoms with Crippen molar-refractivity contribution in [3.63, 3.8) is 0 Å². The molecular formula is C18H33N3. The molecule has 4 unspecified atom stereocenters. The van der Waals surface area contributed by atoms with E-state index >= 15 is 0 Å². The molecule has 1 fully saturated rings. The van der Waals surface area contributed by atoms with Gasteiger partial charge in [-0.05, 0) is 62.8 Å². The molecule has 0 aromatic carbocycles. The Balaban J connectivity index is 2.32. The Kier molecular flexibility index (Phi) is 5.48. The van der Waals surface area contributed by atoms with Gasteiger partial charge in [0.1, 0.15) is 0 Å². The Bertz CT molecular complexity index is 461. The molecule has 1 aliphatic carbocycles. The van der Waals surface area contributed by atoms with Crippen LogP contribution in [0.25, 0.3) is 0 Å². The fraction of sp³-hybridized carbons (Fsp3) is 0.833. The Hall–Kier alpha value is -0.830. The van der Waals surface area contributed by atoms with Crippen LogP contribution in [0.1, 0.15) is 76.9 Å². The van der Waals surface area contributed by atoms with Crippen LogP contribution in [-0.4, -0.2) is 15.8 Å². The van der Waals surface area contributed by atoms with Gasteiger partial charge in [-0.25, -0.2) is 0 Å². The number of hydrogen-bond acceptors (Lipinski definition) is 2. The molecule has 4 atom stereocenters. The van der Waals surface area contributed by atoms with Gasteiger partial charge in [0, 0.05) is 11.7 Å². The third-order valence-corrected chi connectivity index (χ3v) is 5.31. The van der Waals surface area contributed by atoms with Gasteiger partial charge in [-0.3, -0.25) is 4.68 Å². The molecule has 1 aromatic heterocycles. The van der Waals surface area contributed by atoms with Crippen molar-refractivity contribution in [1.82, 2.24) is 9.78 Å². The van der Waals surface area contributed by atoms with Crippen molar-refractivity contribution >= 4 is 0 Å². The quantitative estimate of drug-likeness (QED) is 0.894. The minimum Gasteiger partial charge on any atom is -0.328 e. The van der Waals surface area contributed by atoms with Crippen LogP contribution >= 0.6 is 0 Å². The maximum absolute atomic E-state index is 6.06. The second-order valence-corrected chi connectivity index (χ2v) is 7.13. The highest BCUT2D eigenvalue weighted by Crippen LogP contribution is 2.37. The fourth-order valence-electron chi connectivity index (χ4n) is 3.82. The summed E-state index contributed by atoms with van der Waals surface area (Å²) in [6.07, 6.45) is 6.93. The summed E-state index contributed by atoms with van der Waals surface area (Å²) in [5.41, 5.74) is 10.2. The topological polar surface area (TPSA) is 43.8 Å². The largest absolute Gasteiger partial charge is 0.328 e. The standard InChI is InChI=1S/C18H33N3/c1-6-17-16(11-14(5)19)18(7-2)21(20-17)15-9-8-12(3)13(4)10-15/h12-15H,6-11,19H2,1-5H3. The average Bonchev–Trinajstić information content (AvgIpc) is 2.78. The second-order valence-electron chi connectivity index (χ2n) is 7.13. The maximum atomic E-state index is 6.06. The highest BCUT2D eigenvalue weighted by Gasteiger charge is 2.29. The number of aryl methyl sites for hydroxylation is 1. The SMILES string of the molecule is CCc1nn(C2CCC(C)C(C)C2)c(CC)c1CC(C)N. The summed E-state index contributed by atoms with van der Waals surface area (Å²) in [5, 5.41) is 5.00. The molecule has 120 valence electrons. The molecule has 1 aromatic rings. The van der Waals surface area contributed by atoms with Crippen molar-refractivity contribution in [2.75, 3.05) is 0 Å². The van der Waals surface area contributed by atoms with Gasteiger partial charge in [0.05, 0.1) is 11.7 Å². The molecule has 1 aliphatic rings. The van der Waals surface area contributed by atoms with Crippen LogP contribution in [0, 0.1) is 11.8 Å². The first-order chi connectivity index (χ1) is 9.97. The minimum atomic E-state index is 0.212. The number of hydrogen-bond donors (Lipinski definition) is 1. The summed E-state index contributed by atoms with van der Waals surface area (Å²) in [4.78, 5) is 0. The van der Waals surface area contributed by atoms with Gasteiger partial charge >= 0.3 is 0 Å². The number of aromatic nitrogens is 2. The number of nitrogens with zero attached hydrogens (tertiary/aromatic N) is 2. The fourth-order valence-corrected chi connectivity index (χ4v) is 3.82. The third kappa shape index (κ3) is 3.50. The van der Waals surface area contributed by atoms with Crippen molar-refractivity contribution in [2.24, 2.45) is 17.6 Å². The van der Waals surface area contributed by atoms with E-state index in [1.54, 1.807) is 0 Å². The molecule has 0 aliphatic heterocycles. The normalized spacial score (nSPS) is 27.8. The van der Waals surface area contributed by atoms with E-state index in [1.807, 2.05) is 0 Å². The van der Waals surface area contributed by atoms with Crippen molar-refractivity contribution in [1.29, 1.82) is 0 Å². The minimum absolute atomic E-state index is 0.212. The highest BCUT2D eigenvalue weighted by molar-refractivity contribution is 5.28. The summed E-state index contributed by atoms with van der Waals surface area (Å²) < 4.78 is 2.37. The number of rotatable bonds is 5. The first kappa shape index (κ1) is 16.5. The lowest BCUT2D eigenvalue weighted by atomic mass is 9.79. The summed E-state index contributed by atoms with van der Waals surface area (Å²) in [7, 11) is 0.